The van der Waals surface area contributed by atoms with E-state index in [0.717, 1.165) is 6.08 Å². The molecule has 0 bridgehead atoms. The Morgan fingerprint density at radius 1 is 1.46 bits per heavy atom. The quantitative estimate of drug-likeness (QED) is 0.393. The second kappa shape index (κ2) is 7.38. The first-order valence-electron chi connectivity index (χ1n) is 3.13. The fraction of sp³-hybridized carbons (Fsp3) is 0.286. The van der Waals surface area contributed by atoms with E-state index in [2.05, 4.69) is 23.5 Å². The Morgan fingerprint density at radius 2 is 2.00 bits per heavy atom. The highest BCUT2D eigenvalue weighted by Gasteiger charge is 2.02. The lowest BCUT2D eigenvalue weighted by atomic mass is 10.3. The number of hydrogen-bond acceptors (Lipinski definition) is 5. The number of rotatable bonds is 4. The third kappa shape index (κ3) is 8.64. The second-order valence-corrected chi connectivity index (χ2v) is 2.32. The fourth-order valence-electron chi connectivity index (χ4n) is 0.409. The van der Waals surface area contributed by atoms with Gasteiger partial charge >= 0.3 is 5.97 Å². The molecule has 0 saturated carbocycles. The van der Waals surface area contributed by atoms with Gasteiger partial charge in [-0.05, 0) is 18.6 Å². The van der Waals surface area contributed by atoms with Gasteiger partial charge in [-0.3, -0.25) is 0 Å². The molecule has 74 valence electrons. The molecule has 0 aromatic rings. The van der Waals surface area contributed by atoms with Crippen LogP contribution in [0.2, 0.25) is 0 Å². The summed E-state index contributed by atoms with van der Waals surface area (Å²) >= 11 is 4.53. The monoisotopic (exact) mass is 205 g/mol. The van der Waals surface area contributed by atoms with Gasteiger partial charge in [0.15, 0.2) is 5.05 Å². The highest BCUT2D eigenvalue weighted by molar-refractivity contribution is 7.80. The minimum atomic E-state index is -1.23. The summed E-state index contributed by atoms with van der Waals surface area (Å²) < 4.78 is 4.43. The van der Waals surface area contributed by atoms with E-state index in [1.54, 1.807) is 0 Å². The number of quaternary nitrogens is 1. The normalized spacial score (nSPS) is 8.00. The van der Waals surface area contributed by atoms with Crippen molar-refractivity contribution in [2.24, 2.45) is 0 Å². The van der Waals surface area contributed by atoms with Crippen LogP contribution in [0.1, 0.15) is 12.8 Å². The van der Waals surface area contributed by atoms with Gasteiger partial charge in [-0.1, -0.05) is 6.58 Å². The molecule has 0 aromatic heterocycles. The molecule has 0 atom stereocenters. The van der Waals surface area contributed by atoms with Crippen LogP contribution in [0, 0.1) is 0 Å². The summed E-state index contributed by atoms with van der Waals surface area (Å²) in [6, 6.07) is 0. The fourth-order valence-corrected chi connectivity index (χ4v) is 0.593. The van der Waals surface area contributed by atoms with E-state index < -0.39 is 11.9 Å². The topological polar surface area (TPSA) is 103 Å². The first kappa shape index (κ1) is 14.3. The molecule has 0 spiro atoms. The van der Waals surface area contributed by atoms with Gasteiger partial charge in [-0.25, -0.2) is 4.79 Å². The van der Waals surface area contributed by atoms with E-state index in [9.17, 15) is 14.7 Å². The van der Waals surface area contributed by atoms with E-state index >= 15 is 0 Å². The van der Waals surface area contributed by atoms with Gasteiger partial charge in [0.1, 0.15) is 0 Å². The van der Waals surface area contributed by atoms with Crippen LogP contribution >= 0.6 is 12.2 Å². The van der Waals surface area contributed by atoms with Crippen molar-refractivity contribution in [2.45, 2.75) is 12.8 Å². The lowest BCUT2D eigenvalue weighted by molar-refractivity contribution is -0.305. The van der Waals surface area contributed by atoms with Gasteiger partial charge in [0.05, 0.1) is 0 Å². The van der Waals surface area contributed by atoms with Crippen molar-refractivity contribution < 1.29 is 19.4 Å². The number of hydrogen-bond donors (Lipinski definition) is 1. The zero-order valence-electron chi connectivity index (χ0n) is 7.24. The lowest BCUT2D eigenvalue weighted by Gasteiger charge is -2.03. The zero-order valence-corrected chi connectivity index (χ0v) is 8.06. The molecular formula is C7H11NO4S. The van der Waals surface area contributed by atoms with Crippen LogP contribution in [0.4, 0.5) is 0 Å². The largest absolute Gasteiger partial charge is 0.550 e. The number of esters is 1. The molecule has 5 nitrogen and oxygen atoms in total. The number of aliphatic carboxylic acids is 1. The number of thiocarbonyl (C=S) groups is 1. The minimum Gasteiger partial charge on any atom is -0.550 e. The molecule has 0 aliphatic heterocycles. The highest BCUT2D eigenvalue weighted by Crippen LogP contribution is 1.95. The molecule has 0 heterocycles. The maximum Gasteiger partial charge on any atom is 0.336 e. The van der Waals surface area contributed by atoms with Crippen LogP contribution < -0.4 is 11.3 Å². The third-order valence-corrected chi connectivity index (χ3v) is 1.20. The van der Waals surface area contributed by atoms with Crippen LogP contribution in [0.15, 0.2) is 12.7 Å². The summed E-state index contributed by atoms with van der Waals surface area (Å²) in [5, 5.41) is 9.86. The Kier molecular flexibility index (Phi) is 8.10. The molecule has 4 N–H and O–H groups in total. The van der Waals surface area contributed by atoms with Crippen molar-refractivity contribution >= 4 is 29.2 Å². The van der Waals surface area contributed by atoms with E-state index in [1.165, 1.54) is 0 Å². The first-order chi connectivity index (χ1) is 5.56. The van der Waals surface area contributed by atoms with E-state index in [4.69, 9.17) is 0 Å². The van der Waals surface area contributed by atoms with Gasteiger partial charge in [-0.15, -0.1) is 0 Å². The van der Waals surface area contributed by atoms with Crippen molar-refractivity contribution in [3.05, 3.63) is 12.7 Å². The van der Waals surface area contributed by atoms with Crippen molar-refractivity contribution in [2.75, 3.05) is 0 Å². The Balaban J connectivity index is 0. The standard InChI is InChI=1S/C7H8O4S.H3N/c1-2-6(10)11-7(12)4-3-5(8)9;/h2H,1,3-4H2,(H,8,9);1H3. The van der Waals surface area contributed by atoms with Crippen molar-refractivity contribution in [3.63, 3.8) is 0 Å². The summed E-state index contributed by atoms with van der Waals surface area (Å²) in [7, 11) is 0. The highest BCUT2D eigenvalue weighted by atomic mass is 32.1. The Labute approximate surface area is 81.0 Å². The molecule has 0 radical (unpaired) electrons. The lowest BCUT2D eigenvalue weighted by Crippen LogP contribution is -2.23. The third-order valence-electron chi connectivity index (χ3n) is 0.914. The average Bonchev–Trinajstić information content (AvgIpc) is 2.00. The summed E-state index contributed by atoms with van der Waals surface area (Å²) in [5.74, 6) is -1.91. The molecule has 0 aromatic carbocycles. The van der Waals surface area contributed by atoms with E-state index in [1.807, 2.05) is 0 Å². The predicted octanol–water partition coefficient (Wildman–Crippen LogP) is -0.0507. The van der Waals surface area contributed by atoms with Crippen molar-refractivity contribution in [1.29, 1.82) is 0 Å². The number of carboxylic acids is 1. The molecule has 0 fully saturated rings. The molecule has 0 aliphatic carbocycles. The van der Waals surface area contributed by atoms with E-state index in [-0.39, 0.29) is 24.0 Å². The Hall–Kier alpha value is -1.27. The predicted molar refractivity (Wildman–Crippen MR) is 49.1 cm³/mol. The van der Waals surface area contributed by atoms with Gasteiger partial charge < -0.3 is 20.8 Å². The second-order valence-electron chi connectivity index (χ2n) is 1.87. The van der Waals surface area contributed by atoms with Gasteiger partial charge in [0.2, 0.25) is 0 Å². The SMILES string of the molecule is C=CC(=O)OC(=S)CCC(=O)[O-].[NH4+]. The van der Waals surface area contributed by atoms with Crippen LogP contribution in [0.25, 0.3) is 0 Å². The summed E-state index contributed by atoms with van der Waals surface area (Å²) in [4.78, 5) is 20.4. The zero-order chi connectivity index (χ0) is 9.56. The minimum absolute atomic E-state index is 0. The maximum atomic E-state index is 10.5. The number of carboxylic acid groups (broad SMARTS) is 1. The molecule has 0 saturated heterocycles. The Morgan fingerprint density at radius 3 is 2.38 bits per heavy atom. The molecule has 0 unspecified atom stereocenters. The van der Waals surface area contributed by atoms with Gasteiger partial charge in [-0.2, -0.15) is 0 Å². The summed E-state index contributed by atoms with van der Waals surface area (Å²) in [5.41, 5.74) is 0. The van der Waals surface area contributed by atoms with Crippen LogP contribution in [-0.2, 0) is 14.3 Å². The van der Waals surface area contributed by atoms with Crippen molar-refractivity contribution in [1.82, 2.24) is 6.15 Å². The number of carbonyl (C=O) groups is 2. The molecule has 0 aliphatic rings. The number of ether oxygens (including phenoxy) is 1. The van der Waals surface area contributed by atoms with Crippen LogP contribution in [0.5, 0.6) is 0 Å². The smallest absolute Gasteiger partial charge is 0.336 e. The van der Waals surface area contributed by atoms with Crippen LogP contribution in [0.3, 0.4) is 0 Å². The van der Waals surface area contributed by atoms with E-state index in [0.29, 0.717) is 0 Å². The maximum absolute atomic E-state index is 10.5. The molecule has 0 amide bonds. The van der Waals surface area contributed by atoms with Gasteiger partial charge in [0.25, 0.3) is 0 Å². The molecule has 13 heavy (non-hydrogen) atoms. The van der Waals surface area contributed by atoms with Crippen LogP contribution in [-0.4, -0.2) is 17.0 Å². The number of carbonyl (C=O) groups excluding carboxylic acids is 2. The molecule has 0 rings (SSSR count). The van der Waals surface area contributed by atoms with Crippen molar-refractivity contribution in [3.8, 4) is 0 Å². The summed E-state index contributed by atoms with van der Waals surface area (Å²) in [6.07, 6.45) is 0.700. The molecular weight excluding hydrogens is 194 g/mol. The summed E-state index contributed by atoms with van der Waals surface area (Å²) in [6.45, 7) is 3.15. The Bertz CT molecular complexity index is 227. The molecule has 6 heteroatoms. The first-order valence-corrected chi connectivity index (χ1v) is 3.54. The average molecular weight is 205 g/mol. The van der Waals surface area contributed by atoms with Gasteiger partial charge in [0, 0.05) is 18.5 Å².